The zero-order valence-electron chi connectivity index (χ0n) is 22.9. The summed E-state index contributed by atoms with van der Waals surface area (Å²) >= 11 is 0. The molecule has 5 aromatic carbocycles. The summed E-state index contributed by atoms with van der Waals surface area (Å²) in [4.78, 5) is 19.2. The molecular formula is C36H35N3O. The molecule has 0 saturated carbocycles. The highest BCUT2D eigenvalue weighted by atomic mass is 16.2. The largest absolute Gasteiger partial charge is 0.350 e. The quantitative estimate of drug-likeness (QED) is 0.297. The zero-order chi connectivity index (χ0) is 26.9. The molecule has 7 rings (SSSR count). The Bertz CT molecular complexity index is 1650. The van der Waals surface area contributed by atoms with Crippen molar-refractivity contribution in [3.05, 3.63) is 131 Å². The second kappa shape index (κ2) is 10.5. The first-order valence-corrected chi connectivity index (χ1v) is 14.5. The molecule has 1 saturated heterocycles. The van der Waals surface area contributed by atoms with Crippen molar-refractivity contribution < 1.29 is 4.79 Å². The molecule has 0 atom stereocenters. The van der Waals surface area contributed by atoms with Gasteiger partial charge in [0.15, 0.2) is 0 Å². The predicted molar refractivity (Wildman–Crippen MR) is 163 cm³/mol. The van der Waals surface area contributed by atoms with Gasteiger partial charge in [0.25, 0.3) is 0 Å². The molecule has 0 bridgehead atoms. The minimum absolute atomic E-state index is 0.152. The van der Waals surface area contributed by atoms with Gasteiger partial charge in [-0.1, -0.05) is 109 Å². The molecule has 0 unspecified atom stereocenters. The number of benzene rings is 5. The van der Waals surface area contributed by atoms with Crippen molar-refractivity contribution in [2.24, 2.45) is 0 Å². The molecule has 1 heterocycles. The number of amides is 1. The van der Waals surface area contributed by atoms with Crippen molar-refractivity contribution >= 4 is 27.5 Å². The molecule has 4 nitrogen and oxygen atoms in total. The Hall–Kier alpha value is -3.99. The molecule has 40 heavy (non-hydrogen) atoms. The van der Waals surface area contributed by atoms with Crippen LogP contribution < -0.4 is 5.32 Å². The standard InChI is InChI=1S/C36H35N3O/c40-35(37-25-31-15-7-13-27-9-3-5-17-33(27)31)36(23-29-11-1-2-12-30(29)24-36)39-21-19-38(20-22-39)26-32-16-8-14-28-10-4-6-18-34(28)32/h1-18H,19-26H2,(H,37,40). The zero-order valence-corrected chi connectivity index (χ0v) is 22.9. The van der Waals surface area contributed by atoms with Gasteiger partial charge in [-0.3, -0.25) is 14.6 Å². The van der Waals surface area contributed by atoms with Crippen molar-refractivity contribution in [3.8, 4) is 0 Å². The smallest absolute Gasteiger partial charge is 0.241 e. The van der Waals surface area contributed by atoms with Crippen molar-refractivity contribution in [2.75, 3.05) is 26.2 Å². The lowest BCUT2D eigenvalue weighted by atomic mass is 9.90. The van der Waals surface area contributed by atoms with Crippen LogP contribution in [0.5, 0.6) is 0 Å². The van der Waals surface area contributed by atoms with E-state index in [0.29, 0.717) is 6.54 Å². The van der Waals surface area contributed by atoms with Gasteiger partial charge >= 0.3 is 0 Å². The monoisotopic (exact) mass is 525 g/mol. The molecule has 0 aromatic heterocycles. The molecule has 1 N–H and O–H groups in total. The molecule has 1 fully saturated rings. The number of fused-ring (bicyclic) bond motifs is 3. The molecule has 2 aliphatic rings. The highest BCUT2D eigenvalue weighted by molar-refractivity contribution is 5.90. The number of nitrogens with zero attached hydrogens (tertiary/aromatic N) is 2. The molecule has 1 amide bonds. The lowest BCUT2D eigenvalue weighted by molar-refractivity contribution is -0.135. The molecule has 0 radical (unpaired) electrons. The second-order valence-electron chi connectivity index (χ2n) is 11.4. The number of hydrogen-bond acceptors (Lipinski definition) is 3. The fourth-order valence-corrected chi connectivity index (χ4v) is 6.91. The predicted octanol–water partition coefficient (Wildman–Crippen LogP) is 5.96. The molecule has 0 spiro atoms. The van der Waals surface area contributed by atoms with Crippen LogP contribution in [-0.2, 0) is 30.7 Å². The van der Waals surface area contributed by atoms with Crippen molar-refractivity contribution in [1.82, 2.24) is 15.1 Å². The highest BCUT2D eigenvalue weighted by Crippen LogP contribution is 2.36. The van der Waals surface area contributed by atoms with Gasteiger partial charge in [0.05, 0.1) is 0 Å². The van der Waals surface area contributed by atoms with E-state index in [1.165, 1.54) is 38.2 Å². The van der Waals surface area contributed by atoms with Crippen LogP contribution >= 0.6 is 0 Å². The van der Waals surface area contributed by atoms with Crippen LogP contribution in [0.15, 0.2) is 109 Å². The van der Waals surface area contributed by atoms with E-state index in [2.05, 4.69) is 124 Å². The van der Waals surface area contributed by atoms with Crippen molar-refractivity contribution in [1.29, 1.82) is 0 Å². The van der Waals surface area contributed by atoms with Gasteiger partial charge in [-0.05, 0) is 43.8 Å². The van der Waals surface area contributed by atoms with Crippen LogP contribution in [-0.4, -0.2) is 47.4 Å². The lowest BCUT2D eigenvalue weighted by Crippen LogP contribution is -2.64. The van der Waals surface area contributed by atoms with Gasteiger partial charge in [-0.25, -0.2) is 0 Å². The molecule has 1 aliphatic carbocycles. The van der Waals surface area contributed by atoms with Gasteiger partial charge in [0.1, 0.15) is 5.54 Å². The van der Waals surface area contributed by atoms with E-state index in [1.807, 2.05) is 0 Å². The molecule has 1 aliphatic heterocycles. The topological polar surface area (TPSA) is 35.6 Å². The van der Waals surface area contributed by atoms with Crippen LogP contribution in [0.2, 0.25) is 0 Å². The van der Waals surface area contributed by atoms with E-state index >= 15 is 0 Å². The normalized spacial score (nSPS) is 17.2. The van der Waals surface area contributed by atoms with E-state index in [-0.39, 0.29) is 5.91 Å². The number of hydrogen-bond donors (Lipinski definition) is 1. The van der Waals surface area contributed by atoms with Crippen LogP contribution in [0.3, 0.4) is 0 Å². The van der Waals surface area contributed by atoms with Gasteiger partial charge < -0.3 is 5.32 Å². The van der Waals surface area contributed by atoms with Crippen LogP contribution in [0.25, 0.3) is 21.5 Å². The first-order chi connectivity index (χ1) is 19.7. The Morgan fingerprint density at radius 1 is 0.625 bits per heavy atom. The van der Waals surface area contributed by atoms with Crippen molar-refractivity contribution in [2.45, 2.75) is 31.5 Å². The summed E-state index contributed by atoms with van der Waals surface area (Å²) in [5.74, 6) is 0.152. The number of rotatable bonds is 6. The minimum atomic E-state index is -0.542. The lowest BCUT2D eigenvalue weighted by Gasteiger charge is -2.45. The summed E-state index contributed by atoms with van der Waals surface area (Å²) in [7, 11) is 0. The Balaban J connectivity index is 1.10. The van der Waals surface area contributed by atoms with Crippen LogP contribution in [0.4, 0.5) is 0 Å². The summed E-state index contributed by atoms with van der Waals surface area (Å²) in [5.41, 5.74) is 4.61. The fourth-order valence-electron chi connectivity index (χ4n) is 6.91. The molecular weight excluding hydrogens is 490 g/mol. The van der Waals surface area contributed by atoms with E-state index < -0.39 is 5.54 Å². The van der Waals surface area contributed by atoms with Crippen LogP contribution in [0.1, 0.15) is 22.3 Å². The average Bonchev–Trinajstić information content (AvgIpc) is 3.41. The first kappa shape index (κ1) is 25.0. The van der Waals surface area contributed by atoms with Crippen molar-refractivity contribution in [3.63, 3.8) is 0 Å². The first-order valence-electron chi connectivity index (χ1n) is 14.5. The number of carbonyl (C=O) groups is 1. The third-order valence-corrected chi connectivity index (χ3v) is 9.08. The van der Waals surface area contributed by atoms with Gasteiger partial charge in [0.2, 0.25) is 5.91 Å². The third-order valence-electron chi connectivity index (χ3n) is 9.08. The Morgan fingerprint density at radius 2 is 1.15 bits per heavy atom. The summed E-state index contributed by atoms with van der Waals surface area (Å²) in [6.45, 7) is 5.17. The van der Waals surface area contributed by atoms with Gasteiger partial charge in [-0.15, -0.1) is 0 Å². The summed E-state index contributed by atoms with van der Waals surface area (Å²) in [6, 6.07) is 38.6. The summed E-state index contributed by atoms with van der Waals surface area (Å²) in [6.07, 6.45) is 1.54. The highest BCUT2D eigenvalue weighted by Gasteiger charge is 2.48. The third kappa shape index (κ3) is 4.57. The minimum Gasteiger partial charge on any atom is -0.350 e. The summed E-state index contributed by atoms with van der Waals surface area (Å²) in [5, 5.41) is 8.43. The van der Waals surface area contributed by atoms with E-state index in [1.54, 1.807) is 0 Å². The number of nitrogens with one attached hydrogen (secondary N) is 1. The van der Waals surface area contributed by atoms with Crippen LogP contribution in [0, 0.1) is 0 Å². The van der Waals surface area contributed by atoms with Gasteiger partial charge in [0, 0.05) is 52.1 Å². The van der Waals surface area contributed by atoms with Gasteiger partial charge in [-0.2, -0.15) is 0 Å². The number of piperazine rings is 1. The van der Waals surface area contributed by atoms with E-state index in [4.69, 9.17) is 0 Å². The Labute approximate surface area is 236 Å². The molecule has 5 aromatic rings. The van der Waals surface area contributed by atoms with E-state index in [0.717, 1.165) is 51.1 Å². The summed E-state index contributed by atoms with van der Waals surface area (Å²) < 4.78 is 0. The maximum atomic E-state index is 14.2. The number of carbonyl (C=O) groups excluding carboxylic acids is 1. The second-order valence-corrected chi connectivity index (χ2v) is 11.4. The average molecular weight is 526 g/mol. The molecule has 4 heteroatoms. The maximum absolute atomic E-state index is 14.2. The Morgan fingerprint density at radius 3 is 1.80 bits per heavy atom. The molecule has 200 valence electrons. The SMILES string of the molecule is O=C(NCc1cccc2ccccc12)C1(N2CCN(Cc3cccc4ccccc34)CC2)Cc2ccccc2C1. The van der Waals surface area contributed by atoms with E-state index in [9.17, 15) is 4.79 Å². The Kier molecular flexibility index (Phi) is 6.58. The fraction of sp³-hybridized carbons (Fsp3) is 0.250. The maximum Gasteiger partial charge on any atom is 0.241 e.